The van der Waals surface area contributed by atoms with E-state index in [1.165, 1.54) is 0 Å². The summed E-state index contributed by atoms with van der Waals surface area (Å²) in [7, 11) is 0. The number of piperazine rings is 1. The molecule has 0 radical (unpaired) electrons. The molecule has 3 aromatic rings. The Morgan fingerprint density at radius 3 is 2.91 bits per heavy atom. The van der Waals surface area contributed by atoms with Gasteiger partial charge in [-0.05, 0) is 11.4 Å². The summed E-state index contributed by atoms with van der Waals surface area (Å²) in [6.45, 7) is 2.97. The highest BCUT2D eigenvalue weighted by Gasteiger charge is 2.23. The molecule has 0 aliphatic carbocycles. The summed E-state index contributed by atoms with van der Waals surface area (Å²) in [5.74, 6) is 1.08. The number of rotatable bonds is 3. The van der Waals surface area contributed by atoms with Crippen molar-refractivity contribution in [1.82, 2.24) is 25.1 Å². The van der Waals surface area contributed by atoms with Crippen LogP contribution in [0.3, 0.4) is 0 Å². The van der Waals surface area contributed by atoms with Crippen LogP contribution in [0.25, 0.3) is 11.0 Å². The molecular weight excluding hydrogens is 312 g/mol. The molecule has 0 bridgehead atoms. The summed E-state index contributed by atoms with van der Waals surface area (Å²) in [4.78, 5) is 26.1. The van der Waals surface area contributed by atoms with Gasteiger partial charge in [0.25, 0.3) is 0 Å². The Morgan fingerprint density at radius 2 is 2.13 bits per heavy atom. The first-order chi connectivity index (χ1) is 11.3. The van der Waals surface area contributed by atoms with E-state index in [0.29, 0.717) is 19.5 Å². The number of nitrogens with one attached hydrogen (secondary N) is 1. The maximum Gasteiger partial charge on any atom is 0.227 e. The number of H-pyrrole nitrogens is 1. The average Bonchev–Trinajstić information content (AvgIpc) is 3.25. The number of carbonyl (C=O) groups excluding carboxylic acids is 1. The van der Waals surface area contributed by atoms with Crippen LogP contribution in [-0.4, -0.2) is 57.2 Å². The zero-order valence-electron chi connectivity index (χ0n) is 12.5. The molecule has 1 aliphatic rings. The van der Waals surface area contributed by atoms with Crippen LogP contribution in [0.5, 0.6) is 0 Å². The molecule has 0 aromatic carbocycles. The van der Waals surface area contributed by atoms with Gasteiger partial charge in [0.1, 0.15) is 12.1 Å². The number of fused-ring (bicyclic) bond motifs is 1. The maximum atomic E-state index is 12.4. The molecule has 23 heavy (non-hydrogen) atoms. The fraction of sp³-hybridized carbons (Fsp3) is 0.333. The number of carbonyl (C=O) groups is 1. The Kier molecular flexibility index (Phi) is 3.66. The van der Waals surface area contributed by atoms with Gasteiger partial charge < -0.3 is 9.80 Å². The van der Waals surface area contributed by atoms with E-state index >= 15 is 0 Å². The minimum Gasteiger partial charge on any atom is -0.352 e. The maximum absolute atomic E-state index is 12.4. The topological polar surface area (TPSA) is 78.0 Å². The van der Waals surface area contributed by atoms with Crippen LogP contribution in [0.2, 0.25) is 0 Å². The predicted molar refractivity (Wildman–Crippen MR) is 88.5 cm³/mol. The van der Waals surface area contributed by atoms with Crippen molar-refractivity contribution in [2.45, 2.75) is 6.42 Å². The van der Waals surface area contributed by atoms with Crippen LogP contribution in [-0.2, 0) is 11.2 Å². The zero-order valence-corrected chi connectivity index (χ0v) is 13.3. The van der Waals surface area contributed by atoms with E-state index in [9.17, 15) is 4.79 Å². The molecule has 0 unspecified atom stereocenters. The third kappa shape index (κ3) is 2.77. The molecule has 0 saturated carbocycles. The van der Waals surface area contributed by atoms with E-state index in [1.54, 1.807) is 23.9 Å². The third-order valence-electron chi connectivity index (χ3n) is 4.06. The number of thiophene rings is 1. The number of hydrogen-bond donors (Lipinski definition) is 1. The molecule has 1 amide bonds. The second kappa shape index (κ2) is 5.96. The van der Waals surface area contributed by atoms with Crippen LogP contribution < -0.4 is 4.90 Å². The summed E-state index contributed by atoms with van der Waals surface area (Å²) in [5, 5.41) is 9.81. The molecule has 118 valence electrons. The summed E-state index contributed by atoms with van der Waals surface area (Å²) in [6, 6.07) is 3.99. The number of nitrogens with zero attached hydrogens (tertiary/aromatic N) is 5. The summed E-state index contributed by atoms with van der Waals surface area (Å²) in [6.07, 6.45) is 3.79. The van der Waals surface area contributed by atoms with Gasteiger partial charge in [-0.3, -0.25) is 9.89 Å². The highest BCUT2D eigenvalue weighted by Crippen LogP contribution is 2.22. The molecule has 4 rings (SSSR count). The predicted octanol–water partition coefficient (Wildman–Crippen LogP) is 1.31. The summed E-state index contributed by atoms with van der Waals surface area (Å²) >= 11 is 1.63. The Morgan fingerprint density at radius 1 is 1.26 bits per heavy atom. The van der Waals surface area contributed by atoms with E-state index in [2.05, 4.69) is 25.1 Å². The van der Waals surface area contributed by atoms with E-state index in [0.717, 1.165) is 34.8 Å². The van der Waals surface area contributed by atoms with Crippen molar-refractivity contribution in [3.8, 4) is 0 Å². The molecule has 8 heteroatoms. The van der Waals surface area contributed by atoms with Gasteiger partial charge in [-0.25, -0.2) is 9.97 Å². The van der Waals surface area contributed by atoms with Gasteiger partial charge in [-0.2, -0.15) is 5.10 Å². The average molecular weight is 328 g/mol. The SMILES string of the molecule is O=C(Cc1cccs1)N1CCN(c2ncnc3[nH]ncc23)CC1. The van der Waals surface area contributed by atoms with E-state index in [1.807, 2.05) is 22.4 Å². The molecule has 0 spiro atoms. The van der Waals surface area contributed by atoms with Crippen LogP contribution in [0.4, 0.5) is 5.82 Å². The smallest absolute Gasteiger partial charge is 0.227 e. The van der Waals surface area contributed by atoms with E-state index in [4.69, 9.17) is 0 Å². The minimum absolute atomic E-state index is 0.197. The Labute approximate surface area is 137 Å². The molecule has 3 aromatic heterocycles. The molecule has 1 saturated heterocycles. The first-order valence-electron chi connectivity index (χ1n) is 7.50. The fourth-order valence-corrected chi connectivity index (χ4v) is 3.54. The first-order valence-corrected chi connectivity index (χ1v) is 8.38. The third-order valence-corrected chi connectivity index (χ3v) is 4.94. The highest BCUT2D eigenvalue weighted by molar-refractivity contribution is 7.10. The van der Waals surface area contributed by atoms with Crippen molar-refractivity contribution >= 4 is 34.1 Å². The van der Waals surface area contributed by atoms with Crippen molar-refractivity contribution < 1.29 is 4.79 Å². The van der Waals surface area contributed by atoms with Crippen molar-refractivity contribution in [3.05, 3.63) is 34.9 Å². The van der Waals surface area contributed by atoms with Gasteiger partial charge in [0.05, 0.1) is 18.0 Å². The van der Waals surface area contributed by atoms with Gasteiger partial charge >= 0.3 is 0 Å². The number of aromatic nitrogens is 4. The molecule has 0 atom stereocenters. The van der Waals surface area contributed by atoms with Crippen LogP contribution in [0, 0.1) is 0 Å². The van der Waals surface area contributed by atoms with Crippen molar-refractivity contribution in [2.24, 2.45) is 0 Å². The number of aromatic amines is 1. The second-order valence-corrected chi connectivity index (χ2v) is 6.49. The van der Waals surface area contributed by atoms with Gasteiger partial charge in [-0.15, -0.1) is 11.3 Å². The summed E-state index contributed by atoms with van der Waals surface area (Å²) < 4.78 is 0. The normalized spacial score (nSPS) is 15.3. The lowest BCUT2D eigenvalue weighted by molar-refractivity contribution is -0.130. The minimum atomic E-state index is 0.197. The lowest BCUT2D eigenvalue weighted by Gasteiger charge is -2.35. The summed E-state index contributed by atoms with van der Waals surface area (Å²) in [5.41, 5.74) is 0.742. The number of hydrogen-bond acceptors (Lipinski definition) is 6. The van der Waals surface area contributed by atoms with Crippen molar-refractivity contribution in [1.29, 1.82) is 0 Å². The largest absolute Gasteiger partial charge is 0.352 e. The van der Waals surface area contributed by atoms with Crippen LogP contribution >= 0.6 is 11.3 Å². The van der Waals surface area contributed by atoms with Gasteiger partial charge in [-0.1, -0.05) is 6.07 Å². The van der Waals surface area contributed by atoms with Crippen LogP contribution in [0.1, 0.15) is 4.88 Å². The van der Waals surface area contributed by atoms with E-state index < -0.39 is 0 Å². The molecule has 1 fully saturated rings. The molecule has 4 heterocycles. The van der Waals surface area contributed by atoms with E-state index in [-0.39, 0.29) is 5.91 Å². The molecule has 7 nitrogen and oxygen atoms in total. The second-order valence-electron chi connectivity index (χ2n) is 5.45. The van der Waals surface area contributed by atoms with Crippen molar-refractivity contribution in [2.75, 3.05) is 31.1 Å². The van der Waals surface area contributed by atoms with Crippen LogP contribution in [0.15, 0.2) is 30.0 Å². The molecule has 1 N–H and O–H groups in total. The van der Waals surface area contributed by atoms with Gasteiger partial charge in [0.2, 0.25) is 5.91 Å². The fourth-order valence-electron chi connectivity index (χ4n) is 2.85. The standard InChI is InChI=1S/C15H16N6OS/c22-13(8-11-2-1-7-23-11)20-3-5-21(6-4-20)15-12-9-18-19-14(12)16-10-17-15/h1-2,7,9-10H,3-6,8H2,(H,16,17,18,19). The lowest BCUT2D eigenvalue weighted by atomic mass is 10.2. The van der Waals surface area contributed by atoms with Gasteiger partial charge in [0.15, 0.2) is 5.65 Å². The lowest BCUT2D eigenvalue weighted by Crippen LogP contribution is -2.49. The van der Waals surface area contributed by atoms with Crippen molar-refractivity contribution in [3.63, 3.8) is 0 Å². The number of amides is 1. The zero-order chi connectivity index (χ0) is 15.6. The Balaban J connectivity index is 1.43. The number of anilines is 1. The highest BCUT2D eigenvalue weighted by atomic mass is 32.1. The first kappa shape index (κ1) is 14.1. The monoisotopic (exact) mass is 328 g/mol. The Bertz CT molecular complexity index is 806. The van der Waals surface area contributed by atoms with Gasteiger partial charge in [0, 0.05) is 31.1 Å². The molecular formula is C15H16N6OS. The Hall–Kier alpha value is -2.48. The molecule has 1 aliphatic heterocycles. The quantitative estimate of drug-likeness (QED) is 0.784.